The van der Waals surface area contributed by atoms with Gasteiger partial charge in [-0.15, -0.1) is 0 Å². The Hall–Kier alpha value is -1.75. The minimum atomic E-state index is 0.0439. The molecule has 2 aromatic rings. The molecule has 1 saturated heterocycles. The van der Waals surface area contributed by atoms with E-state index in [2.05, 4.69) is 26.1 Å². The van der Waals surface area contributed by atoms with Gasteiger partial charge in [-0.3, -0.25) is 9.88 Å². The van der Waals surface area contributed by atoms with Gasteiger partial charge >= 0.3 is 0 Å². The van der Waals surface area contributed by atoms with Gasteiger partial charge in [-0.25, -0.2) is 0 Å². The molecule has 0 aromatic carbocycles. The van der Waals surface area contributed by atoms with Crippen LogP contribution < -0.4 is 0 Å². The van der Waals surface area contributed by atoms with Crippen molar-refractivity contribution >= 4 is 0 Å². The zero-order valence-electron chi connectivity index (χ0n) is 10.4. The smallest absolute Gasteiger partial charge is 0.248 e. The molecule has 0 amide bonds. The van der Waals surface area contributed by atoms with Crippen LogP contribution in [0, 0.1) is 6.92 Å². The van der Waals surface area contributed by atoms with Crippen LogP contribution in [0.3, 0.4) is 0 Å². The lowest BCUT2D eigenvalue weighted by Crippen LogP contribution is -2.27. The number of aryl methyl sites for hydroxylation is 1. The molecule has 1 fully saturated rings. The predicted molar refractivity (Wildman–Crippen MR) is 65.9 cm³/mol. The van der Waals surface area contributed by atoms with E-state index in [-0.39, 0.29) is 6.04 Å². The maximum Gasteiger partial charge on any atom is 0.248 e. The van der Waals surface area contributed by atoms with Gasteiger partial charge in [-0.2, -0.15) is 4.98 Å². The van der Waals surface area contributed by atoms with E-state index in [1.165, 1.54) is 12.8 Å². The predicted octanol–water partition coefficient (Wildman–Crippen LogP) is 1.96. The summed E-state index contributed by atoms with van der Waals surface area (Å²) in [5.41, 5.74) is 1.11. The number of rotatable bonds is 3. The standard InChI is InChI=1S/C13H16N4O/c1-10-15-13(18-16-10)12(17-7-2-3-8-17)11-5-4-6-14-9-11/h4-6,9,12H,2-3,7-8H2,1H3/t12-/m0/s1. The van der Waals surface area contributed by atoms with Crippen LogP contribution in [-0.4, -0.2) is 33.1 Å². The topological polar surface area (TPSA) is 55.1 Å². The molecular weight excluding hydrogens is 228 g/mol. The highest BCUT2D eigenvalue weighted by Gasteiger charge is 2.29. The second-order valence-corrected chi connectivity index (χ2v) is 4.61. The van der Waals surface area contributed by atoms with Crippen LogP contribution in [0.4, 0.5) is 0 Å². The fraction of sp³-hybridized carbons (Fsp3) is 0.462. The van der Waals surface area contributed by atoms with Gasteiger partial charge in [0.2, 0.25) is 5.89 Å². The van der Waals surface area contributed by atoms with Crippen molar-refractivity contribution in [1.29, 1.82) is 0 Å². The highest BCUT2D eigenvalue weighted by Crippen LogP contribution is 2.29. The molecule has 0 aliphatic carbocycles. The lowest BCUT2D eigenvalue weighted by atomic mass is 10.1. The van der Waals surface area contributed by atoms with Gasteiger partial charge in [-0.1, -0.05) is 11.2 Å². The van der Waals surface area contributed by atoms with Crippen molar-refractivity contribution in [2.45, 2.75) is 25.8 Å². The van der Waals surface area contributed by atoms with Crippen LogP contribution in [-0.2, 0) is 0 Å². The third-order valence-corrected chi connectivity index (χ3v) is 3.28. The molecule has 0 bridgehead atoms. The first kappa shape index (κ1) is 11.3. The van der Waals surface area contributed by atoms with Crippen molar-refractivity contribution in [3.63, 3.8) is 0 Å². The summed E-state index contributed by atoms with van der Waals surface area (Å²) in [6.45, 7) is 3.99. The second kappa shape index (κ2) is 4.86. The highest BCUT2D eigenvalue weighted by atomic mass is 16.5. The summed E-state index contributed by atoms with van der Waals surface area (Å²) in [5, 5.41) is 3.90. The van der Waals surface area contributed by atoms with Gasteiger partial charge in [0.15, 0.2) is 5.82 Å². The molecule has 3 rings (SSSR count). The third kappa shape index (κ3) is 2.13. The lowest BCUT2D eigenvalue weighted by molar-refractivity contribution is 0.224. The third-order valence-electron chi connectivity index (χ3n) is 3.28. The van der Waals surface area contributed by atoms with Gasteiger partial charge in [0, 0.05) is 12.4 Å². The van der Waals surface area contributed by atoms with Gasteiger partial charge < -0.3 is 4.52 Å². The van der Waals surface area contributed by atoms with Crippen molar-refractivity contribution in [3.05, 3.63) is 41.8 Å². The molecule has 1 aliphatic heterocycles. The largest absolute Gasteiger partial charge is 0.337 e. The van der Waals surface area contributed by atoms with Crippen molar-refractivity contribution in [1.82, 2.24) is 20.0 Å². The van der Waals surface area contributed by atoms with E-state index < -0.39 is 0 Å². The summed E-state index contributed by atoms with van der Waals surface area (Å²) < 4.78 is 5.36. The average molecular weight is 244 g/mol. The summed E-state index contributed by atoms with van der Waals surface area (Å²) in [7, 11) is 0. The number of aromatic nitrogens is 3. The Bertz CT molecular complexity index is 505. The highest BCUT2D eigenvalue weighted by molar-refractivity contribution is 5.20. The SMILES string of the molecule is Cc1noc([C@H](c2cccnc2)N2CCCC2)n1. The van der Waals surface area contributed by atoms with Crippen LogP contribution >= 0.6 is 0 Å². The summed E-state index contributed by atoms with van der Waals surface area (Å²) in [6, 6.07) is 4.05. The Morgan fingerprint density at radius 3 is 2.78 bits per heavy atom. The van der Waals surface area contributed by atoms with Gasteiger partial charge in [0.1, 0.15) is 6.04 Å². The normalized spacial score (nSPS) is 18.1. The average Bonchev–Trinajstić information content (AvgIpc) is 3.04. The summed E-state index contributed by atoms with van der Waals surface area (Å²) in [4.78, 5) is 11.0. The van der Waals surface area contributed by atoms with Crippen molar-refractivity contribution in [2.75, 3.05) is 13.1 Å². The molecule has 2 aromatic heterocycles. The molecule has 0 saturated carbocycles. The van der Waals surface area contributed by atoms with Gasteiger partial charge in [0.05, 0.1) is 0 Å². The summed E-state index contributed by atoms with van der Waals surface area (Å²) in [5.74, 6) is 1.35. The molecule has 0 radical (unpaired) electrons. The van der Waals surface area contributed by atoms with E-state index in [0.717, 1.165) is 18.7 Å². The first-order chi connectivity index (χ1) is 8.84. The molecule has 0 N–H and O–H groups in total. The number of hydrogen-bond donors (Lipinski definition) is 0. The van der Waals surface area contributed by atoms with Crippen molar-refractivity contribution < 1.29 is 4.52 Å². The fourth-order valence-corrected chi connectivity index (χ4v) is 2.47. The zero-order chi connectivity index (χ0) is 12.4. The second-order valence-electron chi connectivity index (χ2n) is 4.61. The van der Waals surface area contributed by atoms with E-state index in [4.69, 9.17) is 4.52 Å². The molecule has 3 heterocycles. The fourth-order valence-electron chi connectivity index (χ4n) is 2.47. The van der Waals surface area contributed by atoms with E-state index >= 15 is 0 Å². The Labute approximate surface area is 106 Å². The van der Waals surface area contributed by atoms with Crippen molar-refractivity contribution in [2.24, 2.45) is 0 Å². The van der Waals surface area contributed by atoms with Crippen LogP contribution in [0.5, 0.6) is 0 Å². The molecule has 1 atom stereocenters. The Kier molecular flexibility index (Phi) is 3.06. The van der Waals surface area contributed by atoms with Gasteiger partial charge in [-0.05, 0) is 44.5 Å². The molecule has 0 unspecified atom stereocenters. The van der Waals surface area contributed by atoms with Crippen LogP contribution in [0.1, 0.15) is 36.2 Å². The molecule has 1 aliphatic rings. The van der Waals surface area contributed by atoms with Crippen LogP contribution in [0.2, 0.25) is 0 Å². The number of pyridine rings is 1. The maximum absolute atomic E-state index is 5.36. The molecule has 5 nitrogen and oxygen atoms in total. The minimum Gasteiger partial charge on any atom is -0.337 e. The monoisotopic (exact) mass is 244 g/mol. The van der Waals surface area contributed by atoms with Crippen LogP contribution in [0.15, 0.2) is 29.0 Å². The first-order valence-corrected chi connectivity index (χ1v) is 6.29. The molecule has 5 heteroatoms. The lowest BCUT2D eigenvalue weighted by Gasteiger charge is -2.24. The maximum atomic E-state index is 5.36. The quantitative estimate of drug-likeness (QED) is 0.826. The molecule has 0 spiro atoms. The van der Waals surface area contributed by atoms with Gasteiger partial charge in [0.25, 0.3) is 0 Å². The Balaban J connectivity index is 1.98. The zero-order valence-corrected chi connectivity index (χ0v) is 10.4. The summed E-state index contributed by atoms with van der Waals surface area (Å²) in [6.07, 6.45) is 6.11. The molecular formula is C13H16N4O. The summed E-state index contributed by atoms with van der Waals surface area (Å²) >= 11 is 0. The van der Waals surface area contributed by atoms with E-state index in [1.807, 2.05) is 19.2 Å². The Morgan fingerprint density at radius 1 is 1.33 bits per heavy atom. The number of likely N-dealkylation sites (tertiary alicyclic amines) is 1. The molecule has 18 heavy (non-hydrogen) atoms. The van der Waals surface area contributed by atoms with Crippen LogP contribution in [0.25, 0.3) is 0 Å². The van der Waals surface area contributed by atoms with E-state index in [1.54, 1.807) is 6.20 Å². The van der Waals surface area contributed by atoms with E-state index in [9.17, 15) is 0 Å². The molecule has 94 valence electrons. The first-order valence-electron chi connectivity index (χ1n) is 6.29. The number of nitrogens with zero attached hydrogens (tertiary/aromatic N) is 4. The van der Waals surface area contributed by atoms with E-state index in [0.29, 0.717) is 11.7 Å². The Morgan fingerprint density at radius 2 is 2.17 bits per heavy atom. The number of hydrogen-bond acceptors (Lipinski definition) is 5. The van der Waals surface area contributed by atoms with Crippen molar-refractivity contribution in [3.8, 4) is 0 Å². The minimum absolute atomic E-state index is 0.0439.